The molecule has 1 fully saturated rings. The molecular formula is C28H25F6N9O. The smallest absolute Gasteiger partial charge is 0.434 e. The highest BCUT2D eigenvalue weighted by Gasteiger charge is 2.35. The normalized spacial score (nSPS) is 14.8. The van der Waals surface area contributed by atoms with Gasteiger partial charge in [0.1, 0.15) is 29.8 Å². The van der Waals surface area contributed by atoms with Gasteiger partial charge in [0.05, 0.1) is 25.0 Å². The van der Waals surface area contributed by atoms with Gasteiger partial charge in [-0.05, 0) is 25.3 Å². The fourth-order valence-corrected chi connectivity index (χ4v) is 5.25. The van der Waals surface area contributed by atoms with Crippen LogP contribution in [-0.4, -0.2) is 51.9 Å². The minimum atomic E-state index is -4.63. The monoisotopic (exact) mass is 617 g/mol. The minimum absolute atomic E-state index is 0.00368. The fraction of sp³-hybridized carbons (Fsp3) is 0.357. The lowest BCUT2D eigenvalue weighted by molar-refractivity contribution is -0.141. The largest absolute Gasteiger partial charge is 0.480 e. The van der Waals surface area contributed by atoms with Crippen molar-refractivity contribution in [2.24, 2.45) is 7.05 Å². The molecule has 0 spiro atoms. The zero-order valence-corrected chi connectivity index (χ0v) is 23.6. The Morgan fingerprint density at radius 2 is 1.73 bits per heavy atom. The third-order valence-electron chi connectivity index (χ3n) is 7.52. The van der Waals surface area contributed by atoms with Crippen LogP contribution in [0.4, 0.5) is 26.3 Å². The highest BCUT2D eigenvalue weighted by Crippen LogP contribution is 2.45. The van der Waals surface area contributed by atoms with Gasteiger partial charge in [-0.3, -0.25) is 14.5 Å². The summed E-state index contributed by atoms with van der Waals surface area (Å²) in [7, 11) is 2.88. The Morgan fingerprint density at radius 3 is 2.32 bits per heavy atom. The number of benzene rings is 1. The van der Waals surface area contributed by atoms with E-state index in [0.717, 1.165) is 23.6 Å². The van der Waals surface area contributed by atoms with Crippen LogP contribution < -0.4 is 10.4 Å². The lowest BCUT2D eigenvalue weighted by Gasteiger charge is -2.16. The number of imidazole rings is 2. The van der Waals surface area contributed by atoms with Crippen LogP contribution in [-0.2, 0) is 19.8 Å². The van der Waals surface area contributed by atoms with Gasteiger partial charge in [0, 0.05) is 24.7 Å². The number of aromatic nitrogens is 8. The second kappa shape index (κ2) is 10.4. The summed E-state index contributed by atoms with van der Waals surface area (Å²) in [6.45, 7) is 0.256. The summed E-state index contributed by atoms with van der Waals surface area (Å²) < 4.78 is 89.3. The first-order valence-electron chi connectivity index (χ1n) is 13.5. The SMILES string of the molecule is COc1ncnc(C2CC2)c1-c1ncc2c(n1)n(C(C)c1ccc(-c3nc(C(F)(F)F)cn3C)cc1)c(=N)n2CC(F)(F)F. The first-order chi connectivity index (χ1) is 20.8. The number of nitrogens with zero attached hydrogens (tertiary/aromatic N) is 8. The second-order valence-electron chi connectivity index (χ2n) is 10.6. The van der Waals surface area contributed by atoms with E-state index in [4.69, 9.17) is 10.1 Å². The molecule has 0 radical (unpaired) electrons. The molecule has 0 saturated heterocycles. The van der Waals surface area contributed by atoms with Gasteiger partial charge in [-0.25, -0.2) is 24.9 Å². The van der Waals surface area contributed by atoms with Crippen LogP contribution in [0.25, 0.3) is 33.9 Å². The van der Waals surface area contributed by atoms with Crippen LogP contribution >= 0.6 is 0 Å². The zero-order chi connectivity index (χ0) is 31.6. The number of aryl methyl sites for hydroxylation is 1. The van der Waals surface area contributed by atoms with E-state index >= 15 is 0 Å². The Morgan fingerprint density at radius 1 is 1.02 bits per heavy atom. The Bertz CT molecular complexity index is 1920. The molecule has 16 heteroatoms. The summed E-state index contributed by atoms with van der Waals surface area (Å²) in [6.07, 6.45) is -3.92. The lowest BCUT2D eigenvalue weighted by Crippen LogP contribution is -2.31. The Labute approximate surface area is 245 Å². The van der Waals surface area contributed by atoms with Gasteiger partial charge in [0.2, 0.25) is 11.5 Å². The highest BCUT2D eigenvalue weighted by molar-refractivity contribution is 5.76. The van der Waals surface area contributed by atoms with Gasteiger partial charge in [-0.2, -0.15) is 26.3 Å². The predicted octanol–water partition coefficient (Wildman–Crippen LogP) is 5.65. The van der Waals surface area contributed by atoms with Crippen molar-refractivity contribution in [1.29, 1.82) is 5.41 Å². The summed E-state index contributed by atoms with van der Waals surface area (Å²) in [6, 6.07) is 5.69. The van der Waals surface area contributed by atoms with Crippen LogP contribution in [0.2, 0.25) is 0 Å². The number of nitrogens with one attached hydrogen (secondary N) is 1. The molecule has 1 atom stereocenters. The van der Waals surface area contributed by atoms with Crippen LogP contribution in [0, 0.1) is 5.41 Å². The third-order valence-corrected chi connectivity index (χ3v) is 7.52. The van der Waals surface area contributed by atoms with Crippen molar-refractivity contribution in [3.8, 4) is 28.7 Å². The van der Waals surface area contributed by atoms with Crippen LogP contribution in [0.3, 0.4) is 0 Å². The first-order valence-corrected chi connectivity index (χ1v) is 13.5. The molecule has 1 aliphatic carbocycles. The Hall–Kier alpha value is -4.76. The molecule has 44 heavy (non-hydrogen) atoms. The molecule has 1 aromatic carbocycles. The van der Waals surface area contributed by atoms with Crippen molar-refractivity contribution in [1.82, 2.24) is 38.6 Å². The molecule has 4 heterocycles. The molecule has 1 saturated carbocycles. The molecule has 6 rings (SSSR count). The molecule has 0 bridgehead atoms. The quantitative estimate of drug-likeness (QED) is 0.237. The molecule has 5 aromatic rings. The number of alkyl halides is 6. The number of hydrogen-bond donors (Lipinski definition) is 1. The molecule has 1 aliphatic rings. The molecule has 0 aliphatic heterocycles. The fourth-order valence-electron chi connectivity index (χ4n) is 5.25. The van der Waals surface area contributed by atoms with Crippen molar-refractivity contribution in [3.63, 3.8) is 0 Å². The van der Waals surface area contributed by atoms with E-state index in [1.165, 1.54) is 35.8 Å². The van der Waals surface area contributed by atoms with Gasteiger partial charge in [-0.15, -0.1) is 0 Å². The van der Waals surface area contributed by atoms with E-state index in [0.29, 0.717) is 22.4 Å². The second-order valence-corrected chi connectivity index (χ2v) is 10.6. The molecule has 10 nitrogen and oxygen atoms in total. The van der Waals surface area contributed by atoms with Crippen LogP contribution in [0.1, 0.15) is 48.7 Å². The summed E-state index contributed by atoms with van der Waals surface area (Å²) in [5.41, 5.74) is 0.675. The van der Waals surface area contributed by atoms with Crippen LogP contribution in [0.15, 0.2) is 43.0 Å². The number of halogens is 6. The van der Waals surface area contributed by atoms with E-state index in [1.54, 1.807) is 31.2 Å². The summed E-state index contributed by atoms with van der Waals surface area (Å²) in [4.78, 5) is 21.3. The van der Waals surface area contributed by atoms with Gasteiger partial charge < -0.3 is 9.30 Å². The van der Waals surface area contributed by atoms with Crippen LogP contribution in [0.5, 0.6) is 5.88 Å². The number of fused-ring (bicyclic) bond motifs is 1. The van der Waals surface area contributed by atoms with Crippen molar-refractivity contribution in [2.75, 3.05) is 7.11 Å². The topological polar surface area (TPSA) is 112 Å². The van der Waals surface area contributed by atoms with E-state index in [9.17, 15) is 26.3 Å². The zero-order valence-electron chi connectivity index (χ0n) is 23.6. The molecule has 230 valence electrons. The van der Waals surface area contributed by atoms with E-state index < -0.39 is 36.3 Å². The summed E-state index contributed by atoms with van der Waals surface area (Å²) in [5, 5.41) is 8.76. The minimum Gasteiger partial charge on any atom is -0.480 e. The van der Waals surface area contributed by atoms with Gasteiger partial charge >= 0.3 is 12.4 Å². The molecule has 1 unspecified atom stereocenters. The standard InChI is InChI=1S/C28H25F6N9O/c1-14(15-4-8-17(9-5-15)23-39-19(11-41(23)2)28(32,33)34)43-24-18(42(26(43)35)12-27(29,30)31)10-36-22(40-24)20-21(16-6-7-16)37-13-38-25(20)44-3/h4-5,8-11,13-14,16,35H,6-7,12H2,1-3H3. The Kier molecular flexibility index (Phi) is 6.96. The molecular weight excluding hydrogens is 592 g/mol. The van der Waals surface area contributed by atoms with Crippen molar-refractivity contribution in [2.45, 2.75) is 50.6 Å². The predicted molar refractivity (Wildman–Crippen MR) is 144 cm³/mol. The molecule has 1 N–H and O–H groups in total. The van der Waals surface area contributed by atoms with E-state index in [-0.39, 0.29) is 34.6 Å². The number of methoxy groups -OCH3 is 1. The van der Waals surface area contributed by atoms with E-state index in [1.807, 2.05) is 0 Å². The first kappa shape index (κ1) is 29.3. The summed E-state index contributed by atoms with van der Waals surface area (Å²) in [5.74, 6) is 0.612. The molecule has 4 aromatic heterocycles. The number of ether oxygens (including phenoxy) is 1. The lowest BCUT2D eigenvalue weighted by atomic mass is 10.1. The summed E-state index contributed by atoms with van der Waals surface area (Å²) >= 11 is 0. The number of rotatable bonds is 7. The number of hydrogen-bond acceptors (Lipinski definition) is 7. The molecule has 0 amide bonds. The maximum absolute atomic E-state index is 13.6. The van der Waals surface area contributed by atoms with Gasteiger partial charge in [-0.1, -0.05) is 24.3 Å². The third kappa shape index (κ3) is 5.28. The van der Waals surface area contributed by atoms with Crippen molar-refractivity contribution >= 4 is 11.2 Å². The van der Waals surface area contributed by atoms with Gasteiger partial charge in [0.15, 0.2) is 17.2 Å². The maximum atomic E-state index is 13.6. The average molecular weight is 618 g/mol. The van der Waals surface area contributed by atoms with Crippen molar-refractivity contribution < 1.29 is 31.1 Å². The average Bonchev–Trinajstić information content (AvgIpc) is 3.69. The van der Waals surface area contributed by atoms with Gasteiger partial charge in [0.25, 0.3) is 0 Å². The van der Waals surface area contributed by atoms with E-state index in [2.05, 4.69) is 24.9 Å². The maximum Gasteiger partial charge on any atom is 0.434 e. The van der Waals surface area contributed by atoms with Crippen molar-refractivity contribution in [3.05, 3.63) is 65.6 Å². The highest BCUT2D eigenvalue weighted by atomic mass is 19.4. The Balaban J connectivity index is 1.47.